The van der Waals surface area contributed by atoms with Gasteiger partial charge in [0, 0.05) is 38.3 Å². The number of aromatic hydroxyl groups is 2. The first kappa shape index (κ1) is 12.2. The summed E-state index contributed by atoms with van der Waals surface area (Å²) in [5, 5.41) is 22.4. The second-order valence-electron chi connectivity index (χ2n) is 4.49. The first-order valence-electron chi connectivity index (χ1n) is 6.18. The molecule has 4 heteroatoms. The zero-order chi connectivity index (χ0) is 12.3. The minimum atomic E-state index is 0.133. The molecule has 0 radical (unpaired) electrons. The van der Waals surface area contributed by atoms with Gasteiger partial charge in [-0.15, -0.1) is 0 Å². The molecule has 1 fully saturated rings. The molecule has 1 heterocycles. The van der Waals surface area contributed by atoms with Gasteiger partial charge in [-0.2, -0.15) is 0 Å². The van der Waals surface area contributed by atoms with Gasteiger partial charge in [0.05, 0.1) is 0 Å². The van der Waals surface area contributed by atoms with Crippen molar-refractivity contribution < 1.29 is 10.2 Å². The van der Waals surface area contributed by atoms with Crippen LogP contribution in [0.2, 0.25) is 0 Å². The van der Waals surface area contributed by atoms with Crippen molar-refractivity contribution in [1.29, 1.82) is 0 Å². The molecule has 0 aromatic heterocycles. The molecule has 0 spiro atoms. The predicted molar refractivity (Wildman–Crippen MR) is 67.2 cm³/mol. The van der Waals surface area contributed by atoms with Crippen molar-refractivity contribution >= 4 is 0 Å². The fourth-order valence-corrected chi connectivity index (χ4v) is 2.51. The third kappa shape index (κ3) is 2.90. The van der Waals surface area contributed by atoms with E-state index in [0.717, 1.165) is 38.2 Å². The number of nitrogens with zero attached hydrogens (tertiary/aromatic N) is 1. The molecular weight excluding hydrogens is 216 g/mol. The standard InChI is InChI=1S/C13H20N2O2/c1-2-13(15-5-3-14-4-6-15)10-7-11(16)9-12(17)8-10/h7-9,13-14,16-17H,2-6H2,1H3/t13-/m0/s1. The lowest BCUT2D eigenvalue weighted by Gasteiger charge is -2.34. The first-order valence-corrected chi connectivity index (χ1v) is 6.18. The molecule has 0 unspecified atom stereocenters. The highest BCUT2D eigenvalue weighted by Gasteiger charge is 2.21. The minimum absolute atomic E-state index is 0.133. The maximum absolute atomic E-state index is 9.55. The Labute approximate surface area is 102 Å². The summed E-state index contributed by atoms with van der Waals surface area (Å²) in [4.78, 5) is 2.39. The molecule has 2 rings (SSSR count). The molecule has 1 saturated heterocycles. The van der Waals surface area contributed by atoms with Crippen LogP contribution in [0.4, 0.5) is 0 Å². The van der Waals surface area contributed by atoms with E-state index in [1.165, 1.54) is 6.07 Å². The maximum atomic E-state index is 9.55. The van der Waals surface area contributed by atoms with Crippen molar-refractivity contribution in [2.45, 2.75) is 19.4 Å². The summed E-state index contributed by atoms with van der Waals surface area (Å²) in [5.41, 5.74) is 0.993. The summed E-state index contributed by atoms with van der Waals surface area (Å²) in [6.07, 6.45) is 0.975. The molecule has 17 heavy (non-hydrogen) atoms. The van der Waals surface area contributed by atoms with Crippen LogP contribution in [0.5, 0.6) is 11.5 Å². The van der Waals surface area contributed by atoms with E-state index in [0.29, 0.717) is 0 Å². The number of piperazine rings is 1. The van der Waals surface area contributed by atoms with Crippen molar-refractivity contribution in [2.24, 2.45) is 0 Å². The zero-order valence-electron chi connectivity index (χ0n) is 10.2. The van der Waals surface area contributed by atoms with E-state index in [4.69, 9.17) is 0 Å². The fourth-order valence-electron chi connectivity index (χ4n) is 2.51. The van der Waals surface area contributed by atoms with Gasteiger partial charge >= 0.3 is 0 Å². The van der Waals surface area contributed by atoms with E-state index in [-0.39, 0.29) is 17.5 Å². The van der Waals surface area contributed by atoms with Gasteiger partial charge in [-0.3, -0.25) is 4.90 Å². The van der Waals surface area contributed by atoms with Gasteiger partial charge in [0.2, 0.25) is 0 Å². The highest BCUT2D eigenvalue weighted by Crippen LogP contribution is 2.30. The number of benzene rings is 1. The average Bonchev–Trinajstić information content (AvgIpc) is 2.30. The predicted octanol–water partition coefficient (Wildman–Crippen LogP) is 1.45. The molecule has 1 atom stereocenters. The van der Waals surface area contributed by atoms with E-state index in [1.54, 1.807) is 12.1 Å². The molecule has 0 aliphatic carbocycles. The molecule has 1 aliphatic rings. The van der Waals surface area contributed by atoms with Crippen LogP contribution in [-0.4, -0.2) is 41.3 Å². The summed E-state index contributed by atoms with van der Waals surface area (Å²) in [5.74, 6) is 0.266. The van der Waals surface area contributed by atoms with Gasteiger partial charge in [0.1, 0.15) is 11.5 Å². The largest absolute Gasteiger partial charge is 0.508 e. The summed E-state index contributed by atoms with van der Waals surface area (Å²) < 4.78 is 0. The number of phenolic OH excluding ortho intramolecular Hbond substituents is 2. The lowest BCUT2D eigenvalue weighted by Crippen LogP contribution is -2.45. The van der Waals surface area contributed by atoms with Gasteiger partial charge in [0.25, 0.3) is 0 Å². The number of hydrogen-bond acceptors (Lipinski definition) is 4. The third-order valence-corrected chi connectivity index (χ3v) is 3.29. The SMILES string of the molecule is CC[C@@H](c1cc(O)cc(O)c1)N1CCNCC1. The maximum Gasteiger partial charge on any atom is 0.119 e. The van der Waals surface area contributed by atoms with E-state index in [1.807, 2.05) is 0 Å². The average molecular weight is 236 g/mol. The van der Waals surface area contributed by atoms with Crippen LogP contribution in [0.1, 0.15) is 24.9 Å². The van der Waals surface area contributed by atoms with E-state index in [9.17, 15) is 10.2 Å². The molecule has 94 valence electrons. The summed E-state index contributed by atoms with van der Waals surface area (Å²) >= 11 is 0. The Bertz CT molecular complexity index is 355. The van der Waals surface area contributed by atoms with Gasteiger partial charge in [-0.05, 0) is 24.1 Å². The number of rotatable bonds is 3. The van der Waals surface area contributed by atoms with E-state index >= 15 is 0 Å². The Hall–Kier alpha value is -1.26. The van der Waals surface area contributed by atoms with Crippen molar-refractivity contribution in [1.82, 2.24) is 10.2 Å². The fraction of sp³-hybridized carbons (Fsp3) is 0.538. The van der Waals surface area contributed by atoms with Crippen LogP contribution in [0.15, 0.2) is 18.2 Å². The van der Waals surface area contributed by atoms with Gasteiger partial charge < -0.3 is 15.5 Å². The summed E-state index contributed by atoms with van der Waals surface area (Å²) in [6.45, 7) is 6.15. The Balaban J connectivity index is 2.21. The van der Waals surface area contributed by atoms with Crippen molar-refractivity contribution in [3.05, 3.63) is 23.8 Å². The third-order valence-electron chi connectivity index (χ3n) is 3.29. The summed E-state index contributed by atoms with van der Waals surface area (Å²) in [6, 6.07) is 5.13. The molecule has 1 aromatic rings. The lowest BCUT2D eigenvalue weighted by atomic mass is 10.0. The topological polar surface area (TPSA) is 55.7 Å². The first-order chi connectivity index (χ1) is 8.20. The summed E-state index contributed by atoms with van der Waals surface area (Å²) in [7, 11) is 0. The molecule has 0 saturated carbocycles. The van der Waals surface area contributed by atoms with Crippen LogP contribution in [0, 0.1) is 0 Å². The van der Waals surface area contributed by atoms with Crippen LogP contribution in [-0.2, 0) is 0 Å². The number of nitrogens with one attached hydrogen (secondary N) is 1. The van der Waals surface area contributed by atoms with Crippen LogP contribution < -0.4 is 5.32 Å². The normalized spacial score (nSPS) is 19.1. The zero-order valence-corrected chi connectivity index (χ0v) is 10.2. The molecule has 0 amide bonds. The smallest absolute Gasteiger partial charge is 0.119 e. The monoisotopic (exact) mass is 236 g/mol. The van der Waals surface area contributed by atoms with Crippen LogP contribution in [0.25, 0.3) is 0 Å². The highest BCUT2D eigenvalue weighted by atomic mass is 16.3. The second-order valence-corrected chi connectivity index (χ2v) is 4.49. The quantitative estimate of drug-likeness (QED) is 0.743. The lowest BCUT2D eigenvalue weighted by molar-refractivity contribution is 0.169. The van der Waals surface area contributed by atoms with Gasteiger partial charge in [-0.25, -0.2) is 0 Å². The Morgan fingerprint density at radius 2 is 1.76 bits per heavy atom. The second kappa shape index (κ2) is 5.38. The molecule has 1 aromatic carbocycles. The number of phenols is 2. The minimum Gasteiger partial charge on any atom is -0.508 e. The molecule has 4 nitrogen and oxygen atoms in total. The van der Waals surface area contributed by atoms with Crippen molar-refractivity contribution in [3.63, 3.8) is 0 Å². The molecule has 1 aliphatic heterocycles. The van der Waals surface area contributed by atoms with Crippen molar-refractivity contribution in [3.8, 4) is 11.5 Å². The molecule has 0 bridgehead atoms. The number of hydrogen-bond donors (Lipinski definition) is 3. The van der Waals surface area contributed by atoms with Crippen LogP contribution in [0.3, 0.4) is 0 Å². The van der Waals surface area contributed by atoms with Gasteiger partial charge in [-0.1, -0.05) is 6.92 Å². The molecule has 3 N–H and O–H groups in total. The molecular formula is C13H20N2O2. The van der Waals surface area contributed by atoms with Crippen molar-refractivity contribution in [2.75, 3.05) is 26.2 Å². The highest BCUT2D eigenvalue weighted by molar-refractivity contribution is 5.38. The Kier molecular flexibility index (Phi) is 3.86. The van der Waals surface area contributed by atoms with E-state index in [2.05, 4.69) is 17.1 Å². The van der Waals surface area contributed by atoms with E-state index < -0.39 is 0 Å². The Morgan fingerprint density at radius 1 is 1.18 bits per heavy atom. The Morgan fingerprint density at radius 3 is 2.29 bits per heavy atom. The van der Waals surface area contributed by atoms with Gasteiger partial charge in [0.15, 0.2) is 0 Å². The van der Waals surface area contributed by atoms with Crippen LogP contribution >= 0.6 is 0 Å².